The predicted molar refractivity (Wildman–Crippen MR) is 173 cm³/mol. The standard InChI is InChI=1S/C32H36F3N7O6/c1-7-26(43)37-19-9-8-10-20(15-19)38-27-22(32(33,34)35)17-36-29(40-27)39-23-12-11-21(16-25(23)46-5)41-13-14-42(24(18-41)28(44)47-6)30(45)48-31(2,3)4/h7-12,15-17,24H,1,13-14,18H2,2-6H3,(H,37,43)(H2,36,38,39,40). The molecule has 0 aliphatic carbocycles. The summed E-state index contributed by atoms with van der Waals surface area (Å²) in [6.07, 6.45) is -3.69. The zero-order chi connectivity index (χ0) is 35.2. The maximum atomic E-state index is 13.9. The fourth-order valence-corrected chi connectivity index (χ4v) is 4.74. The summed E-state index contributed by atoms with van der Waals surface area (Å²) in [6, 6.07) is 10.1. The SMILES string of the molecule is C=CC(=O)Nc1cccc(Nc2nc(Nc3ccc(N4CCN(C(=O)OC(C)(C)C)C(C(=O)OC)C4)cc3OC)ncc2C(F)(F)F)c1. The van der Waals surface area contributed by atoms with Crippen LogP contribution in [0.25, 0.3) is 0 Å². The fraction of sp³-hybridized carbons (Fsp3) is 0.344. The lowest BCUT2D eigenvalue weighted by Crippen LogP contribution is -2.59. The van der Waals surface area contributed by atoms with Crippen LogP contribution in [-0.4, -0.2) is 78.3 Å². The van der Waals surface area contributed by atoms with Gasteiger partial charge in [-0.25, -0.2) is 14.6 Å². The molecule has 2 heterocycles. The monoisotopic (exact) mass is 671 g/mol. The lowest BCUT2D eigenvalue weighted by atomic mass is 10.1. The summed E-state index contributed by atoms with van der Waals surface area (Å²) in [5, 5.41) is 8.10. The molecule has 0 bridgehead atoms. The van der Waals surface area contributed by atoms with Crippen molar-refractivity contribution in [3.05, 3.63) is 66.9 Å². The first kappa shape index (κ1) is 35.3. The number of hydrogen-bond donors (Lipinski definition) is 3. The number of halogens is 3. The summed E-state index contributed by atoms with van der Waals surface area (Å²) in [5.74, 6) is -1.47. The molecular formula is C32H36F3N7O6. The number of nitrogens with zero attached hydrogens (tertiary/aromatic N) is 4. The molecular weight excluding hydrogens is 635 g/mol. The van der Waals surface area contributed by atoms with Gasteiger partial charge in [0.1, 0.15) is 22.7 Å². The van der Waals surface area contributed by atoms with Crippen molar-refractivity contribution in [1.82, 2.24) is 14.9 Å². The molecule has 2 aromatic carbocycles. The van der Waals surface area contributed by atoms with Crippen molar-refractivity contribution in [2.45, 2.75) is 38.6 Å². The first-order valence-electron chi connectivity index (χ1n) is 14.6. The van der Waals surface area contributed by atoms with Gasteiger partial charge in [-0.1, -0.05) is 12.6 Å². The smallest absolute Gasteiger partial charge is 0.421 e. The van der Waals surface area contributed by atoms with Crippen LogP contribution in [0.5, 0.6) is 5.75 Å². The lowest BCUT2D eigenvalue weighted by Gasteiger charge is -2.41. The van der Waals surface area contributed by atoms with Crippen LogP contribution in [0.3, 0.4) is 0 Å². The van der Waals surface area contributed by atoms with E-state index in [4.69, 9.17) is 14.2 Å². The minimum atomic E-state index is -4.77. The molecule has 1 aromatic heterocycles. The van der Waals surface area contributed by atoms with Gasteiger partial charge in [-0.15, -0.1) is 0 Å². The van der Waals surface area contributed by atoms with Crippen molar-refractivity contribution in [3.63, 3.8) is 0 Å². The number of ether oxygens (including phenoxy) is 3. The van der Waals surface area contributed by atoms with Crippen LogP contribution in [0, 0.1) is 0 Å². The van der Waals surface area contributed by atoms with E-state index in [-0.39, 0.29) is 24.7 Å². The number of carbonyl (C=O) groups is 3. The van der Waals surface area contributed by atoms with Crippen LogP contribution in [0.2, 0.25) is 0 Å². The highest BCUT2D eigenvalue weighted by Crippen LogP contribution is 2.37. The van der Waals surface area contributed by atoms with E-state index in [2.05, 4.69) is 32.5 Å². The summed E-state index contributed by atoms with van der Waals surface area (Å²) < 4.78 is 57.7. The zero-order valence-electron chi connectivity index (χ0n) is 27.0. The molecule has 3 aromatic rings. The van der Waals surface area contributed by atoms with Crippen LogP contribution < -0.4 is 25.6 Å². The van der Waals surface area contributed by atoms with Gasteiger partial charge >= 0.3 is 18.2 Å². The highest BCUT2D eigenvalue weighted by atomic mass is 19.4. The number of piperazine rings is 1. The van der Waals surface area contributed by atoms with E-state index in [1.807, 2.05) is 4.90 Å². The molecule has 256 valence electrons. The van der Waals surface area contributed by atoms with E-state index in [0.29, 0.717) is 35.6 Å². The third-order valence-electron chi connectivity index (χ3n) is 6.95. The van der Waals surface area contributed by atoms with Gasteiger partial charge in [0.15, 0.2) is 6.04 Å². The number of rotatable bonds is 9. The second-order valence-electron chi connectivity index (χ2n) is 11.5. The van der Waals surface area contributed by atoms with Crippen LogP contribution >= 0.6 is 0 Å². The molecule has 13 nitrogen and oxygen atoms in total. The topological polar surface area (TPSA) is 147 Å². The average Bonchev–Trinajstić information content (AvgIpc) is 3.03. The van der Waals surface area contributed by atoms with Crippen molar-refractivity contribution in [2.24, 2.45) is 0 Å². The molecule has 1 aliphatic rings. The number of aromatic nitrogens is 2. The number of hydrogen-bond acceptors (Lipinski definition) is 11. The molecule has 48 heavy (non-hydrogen) atoms. The lowest BCUT2D eigenvalue weighted by molar-refractivity contribution is -0.147. The Hall–Kier alpha value is -5.54. The van der Waals surface area contributed by atoms with Gasteiger partial charge in [-0.05, 0) is 57.2 Å². The van der Waals surface area contributed by atoms with Crippen molar-refractivity contribution in [2.75, 3.05) is 54.7 Å². The van der Waals surface area contributed by atoms with E-state index < -0.39 is 47.2 Å². The number of benzene rings is 2. The fourth-order valence-electron chi connectivity index (χ4n) is 4.74. The molecule has 3 N–H and O–H groups in total. The van der Waals surface area contributed by atoms with E-state index >= 15 is 0 Å². The molecule has 4 rings (SSSR count). The van der Waals surface area contributed by atoms with Gasteiger partial charge < -0.3 is 35.1 Å². The van der Waals surface area contributed by atoms with Crippen molar-refractivity contribution in [3.8, 4) is 5.75 Å². The van der Waals surface area contributed by atoms with Gasteiger partial charge in [0.2, 0.25) is 11.9 Å². The van der Waals surface area contributed by atoms with Gasteiger partial charge in [0.05, 0.1) is 19.9 Å². The third-order valence-corrected chi connectivity index (χ3v) is 6.95. The van der Waals surface area contributed by atoms with Crippen molar-refractivity contribution < 1.29 is 41.8 Å². The van der Waals surface area contributed by atoms with Crippen molar-refractivity contribution >= 4 is 52.5 Å². The number of esters is 1. The summed E-state index contributed by atoms with van der Waals surface area (Å²) >= 11 is 0. The van der Waals surface area contributed by atoms with E-state index in [0.717, 1.165) is 6.08 Å². The summed E-state index contributed by atoms with van der Waals surface area (Å²) in [6.45, 7) is 9.22. The summed E-state index contributed by atoms with van der Waals surface area (Å²) in [5.41, 5.74) is -0.312. The Bertz CT molecular complexity index is 1680. The van der Waals surface area contributed by atoms with Crippen LogP contribution in [-0.2, 0) is 25.2 Å². The molecule has 1 aliphatic heterocycles. The minimum Gasteiger partial charge on any atom is -0.494 e. The Morgan fingerprint density at radius 2 is 1.75 bits per heavy atom. The number of carbonyl (C=O) groups excluding carboxylic acids is 3. The van der Waals surface area contributed by atoms with Gasteiger partial charge in [-0.3, -0.25) is 9.69 Å². The Kier molecular flexibility index (Phi) is 10.7. The number of anilines is 6. The number of alkyl halides is 3. The molecule has 0 radical (unpaired) electrons. The molecule has 0 saturated carbocycles. The highest BCUT2D eigenvalue weighted by Gasteiger charge is 2.39. The Balaban J connectivity index is 1.57. The minimum absolute atomic E-state index is 0.108. The molecule has 16 heteroatoms. The van der Waals surface area contributed by atoms with E-state index in [1.165, 1.54) is 31.3 Å². The van der Waals surface area contributed by atoms with Crippen LogP contribution in [0.15, 0.2) is 61.3 Å². The zero-order valence-corrected chi connectivity index (χ0v) is 27.0. The Morgan fingerprint density at radius 1 is 1.02 bits per heavy atom. The quantitative estimate of drug-likeness (QED) is 0.190. The molecule has 1 unspecified atom stereocenters. The van der Waals surface area contributed by atoms with E-state index in [1.54, 1.807) is 51.1 Å². The molecule has 1 fully saturated rings. The van der Waals surface area contributed by atoms with E-state index in [9.17, 15) is 27.6 Å². The normalized spacial score (nSPS) is 14.9. The first-order chi connectivity index (χ1) is 22.6. The van der Waals surface area contributed by atoms with Gasteiger partial charge in [0, 0.05) is 49.0 Å². The highest BCUT2D eigenvalue weighted by molar-refractivity contribution is 5.99. The maximum Gasteiger partial charge on any atom is 0.421 e. The largest absolute Gasteiger partial charge is 0.494 e. The van der Waals surface area contributed by atoms with Crippen LogP contribution in [0.1, 0.15) is 26.3 Å². The third kappa shape index (κ3) is 8.83. The molecule has 2 amide bonds. The number of methoxy groups -OCH3 is 2. The molecule has 0 spiro atoms. The maximum absolute atomic E-state index is 13.9. The Morgan fingerprint density at radius 3 is 2.40 bits per heavy atom. The second-order valence-corrected chi connectivity index (χ2v) is 11.5. The Labute approximate surface area is 275 Å². The molecule has 1 atom stereocenters. The average molecular weight is 672 g/mol. The van der Waals surface area contributed by atoms with Crippen LogP contribution in [0.4, 0.5) is 52.5 Å². The van der Waals surface area contributed by atoms with Gasteiger partial charge in [-0.2, -0.15) is 18.2 Å². The molecule has 1 saturated heterocycles. The predicted octanol–water partition coefficient (Wildman–Crippen LogP) is 5.71. The summed E-state index contributed by atoms with van der Waals surface area (Å²) in [7, 11) is 2.66. The van der Waals surface area contributed by atoms with Crippen molar-refractivity contribution in [1.29, 1.82) is 0 Å². The second kappa shape index (κ2) is 14.5. The number of nitrogens with one attached hydrogen (secondary N) is 3. The first-order valence-corrected chi connectivity index (χ1v) is 14.6. The number of amides is 2. The van der Waals surface area contributed by atoms with Gasteiger partial charge in [0.25, 0.3) is 0 Å². The summed E-state index contributed by atoms with van der Waals surface area (Å²) in [4.78, 5) is 48.3.